The number of aromatic nitrogens is 1. The van der Waals surface area contributed by atoms with Gasteiger partial charge in [0.05, 0.1) is 23.4 Å². The molecule has 1 aliphatic rings. The number of morpholine rings is 1. The van der Waals surface area contributed by atoms with Gasteiger partial charge < -0.3 is 9.47 Å². The van der Waals surface area contributed by atoms with Gasteiger partial charge in [0.1, 0.15) is 11.5 Å². The third kappa shape index (κ3) is 5.59. The third-order valence-electron chi connectivity index (χ3n) is 6.57. The Bertz CT molecular complexity index is 1330. The fourth-order valence-electron chi connectivity index (χ4n) is 4.36. The van der Waals surface area contributed by atoms with Crippen LogP contribution in [0.15, 0.2) is 66.7 Å². The SMILES string of the molecule is Cc1ccc2sc(N(CCCN3CCOCC3)C(=O)c3cccc(Oc4ccccc4)c3)nc2c1C. The van der Waals surface area contributed by atoms with E-state index in [1.807, 2.05) is 59.5 Å². The summed E-state index contributed by atoms with van der Waals surface area (Å²) in [7, 11) is 0. The lowest BCUT2D eigenvalue weighted by atomic mass is 10.1. The van der Waals surface area contributed by atoms with Gasteiger partial charge in [0, 0.05) is 31.7 Å². The maximum Gasteiger partial charge on any atom is 0.260 e. The number of aryl methyl sites for hydroxylation is 2. The largest absolute Gasteiger partial charge is 0.457 e. The van der Waals surface area contributed by atoms with Gasteiger partial charge >= 0.3 is 0 Å². The number of ether oxygens (including phenoxy) is 2. The minimum Gasteiger partial charge on any atom is -0.457 e. The highest BCUT2D eigenvalue weighted by Crippen LogP contribution is 2.33. The van der Waals surface area contributed by atoms with Crippen LogP contribution in [0.1, 0.15) is 27.9 Å². The predicted molar refractivity (Wildman–Crippen MR) is 146 cm³/mol. The lowest BCUT2D eigenvalue weighted by Gasteiger charge is -2.27. The van der Waals surface area contributed by atoms with Gasteiger partial charge in [-0.1, -0.05) is 41.7 Å². The molecule has 1 fully saturated rings. The van der Waals surface area contributed by atoms with Crippen molar-refractivity contribution >= 4 is 32.6 Å². The molecule has 1 aliphatic heterocycles. The number of para-hydroxylation sites is 1. The molecule has 0 spiro atoms. The summed E-state index contributed by atoms with van der Waals surface area (Å²) in [6.45, 7) is 9.12. The fourth-order valence-corrected chi connectivity index (χ4v) is 5.41. The zero-order valence-corrected chi connectivity index (χ0v) is 21.6. The molecule has 0 N–H and O–H groups in total. The molecule has 36 heavy (non-hydrogen) atoms. The normalized spacial score (nSPS) is 14.2. The molecule has 1 amide bonds. The quantitative estimate of drug-likeness (QED) is 0.293. The highest BCUT2D eigenvalue weighted by Gasteiger charge is 2.23. The zero-order chi connectivity index (χ0) is 24.9. The fraction of sp³-hybridized carbons (Fsp3) is 0.310. The standard InChI is InChI=1S/C29H31N3O3S/c1-21-12-13-26-27(22(21)2)30-29(36-26)32(15-7-14-31-16-18-34-19-17-31)28(33)23-8-6-11-25(20-23)35-24-9-4-3-5-10-24/h3-6,8-13,20H,7,14-19H2,1-2H3. The van der Waals surface area contributed by atoms with E-state index in [9.17, 15) is 4.79 Å². The second kappa shape index (κ2) is 11.2. The van der Waals surface area contributed by atoms with Gasteiger partial charge in [0.15, 0.2) is 5.13 Å². The number of carbonyl (C=O) groups is 1. The Morgan fingerprint density at radius 1 is 1.03 bits per heavy atom. The molecule has 4 aromatic rings. The molecule has 2 heterocycles. The molecule has 0 bridgehead atoms. The molecule has 7 heteroatoms. The molecular weight excluding hydrogens is 470 g/mol. The summed E-state index contributed by atoms with van der Waals surface area (Å²) in [6, 6.07) is 21.2. The molecule has 0 aliphatic carbocycles. The third-order valence-corrected chi connectivity index (χ3v) is 7.61. The lowest BCUT2D eigenvalue weighted by molar-refractivity contribution is 0.0376. The van der Waals surface area contributed by atoms with Crippen LogP contribution in [-0.4, -0.2) is 55.2 Å². The number of hydrogen-bond acceptors (Lipinski definition) is 6. The Morgan fingerprint density at radius 3 is 2.61 bits per heavy atom. The van der Waals surface area contributed by atoms with E-state index >= 15 is 0 Å². The second-order valence-electron chi connectivity index (χ2n) is 9.06. The van der Waals surface area contributed by atoms with Crippen LogP contribution in [-0.2, 0) is 4.74 Å². The van der Waals surface area contributed by atoms with Crippen molar-refractivity contribution in [3.8, 4) is 11.5 Å². The molecule has 0 radical (unpaired) electrons. The summed E-state index contributed by atoms with van der Waals surface area (Å²) in [6.07, 6.45) is 0.861. The van der Waals surface area contributed by atoms with E-state index in [2.05, 4.69) is 30.9 Å². The molecule has 0 atom stereocenters. The predicted octanol–water partition coefficient (Wildman–Crippen LogP) is 6.07. The first-order chi connectivity index (χ1) is 17.6. The minimum atomic E-state index is -0.0658. The van der Waals surface area contributed by atoms with Crippen LogP contribution in [0.2, 0.25) is 0 Å². The Labute approximate surface area is 216 Å². The monoisotopic (exact) mass is 501 g/mol. The van der Waals surface area contributed by atoms with Gasteiger partial charge in [-0.15, -0.1) is 0 Å². The molecule has 1 saturated heterocycles. The van der Waals surface area contributed by atoms with Gasteiger partial charge in [-0.2, -0.15) is 0 Å². The summed E-state index contributed by atoms with van der Waals surface area (Å²) >= 11 is 1.57. The van der Waals surface area contributed by atoms with Gasteiger partial charge in [-0.3, -0.25) is 14.6 Å². The van der Waals surface area contributed by atoms with E-state index < -0.39 is 0 Å². The summed E-state index contributed by atoms with van der Waals surface area (Å²) in [5.74, 6) is 1.31. The Kier molecular flexibility index (Phi) is 7.60. The van der Waals surface area contributed by atoms with Gasteiger partial charge in [-0.05, 0) is 67.8 Å². The van der Waals surface area contributed by atoms with E-state index in [-0.39, 0.29) is 5.91 Å². The smallest absolute Gasteiger partial charge is 0.260 e. The minimum absolute atomic E-state index is 0.0658. The number of benzene rings is 3. The molecule has 0 saturated carbocycles. The highest BCUT2D eigenvalue weighted by molar-refractivity contribution is 7.22. The molecule has 6 nitrogen and oxygen atoms in total. The summed E-state index contributed by atoms with van der Waals surface area (Å²) in [5, 5.41) is 0.736. The van der Waals surface area contributed by atoms with Crippen molar-refractivity contribution < 1.29 is 14.3 Å². The molecular formula is C29H31N3O3S. The van der Waals surface area contributed by atoms with E-state index in [1.54, 1.807) is 11.3 Å². The summed E-state index contributed by atoms with van der Waals surface area (Å²) in [5.41, 5.74) is 3.92. The topological polar surface area (TPSA) is 54.9 Å². The number of fused-ring (bicyclic) bond motifs is 1. The summed E-state index contributed by atoms with van der Waals surface area (Å²) < 4.78 is 12.6. The van der Waals surface area contributed by atoms with Crippen LogP contribution in [0.5, 0.6) is 11.5 Å². The van der Waals surface area contributed by atoms with E-state index in [0.29, 0.717) is 17.9 Å². The Hall–Kier alpha value is -3.26. The van der Waals surface area contributed by atoms with Crippen molar-refractivity contribution in [2.24, 2.45) is 0 Å². The van der Waals surface area contributed by atoms with Crippen molar-refractivity contribution in [3.63, 3.8) is 0 Å². The molecule has 5 rings (SSSR count). The molecule has 0 unspecified atom stereocenters. The first-order valence-electron chi connectivity index (χ1n) is 12.4. The average Bonchev–Trinajstić information content (AvgIpc) is 3.35. The molecule has 3 aromatic carbocycles. The maximum absolute atomic E-state index is 13.9. The van der Waals surface area contributed by atoms with E-state index in [4.69, 9.17) is 14.5 Å². The van der Waals surface area contributed by atoms with Crippen LogP contribution in [0, 0.1) is 13.8 Å². The number of nitrogens with zero attached hydrogens (tertiary/aromatic N) is 3. The van der Waals surface area contributed by atoms with Gasteiger partial charge in [0.2, 0.25) is 0 Å². The average molecular weight is 502 g/mol. The number of amides is 1. The van der Waals surface area contributed by atoms with Crippen molar-refractivity contribution in [2.75, 3.05) is 44.3 Å². The lowest BCUT2D eigenvalue weighted by Crippen LogP contribution is -2.39. The van der Waals surface area contributed by atoms with Gasteiger partial charge in [0.25, 0.3) is 5.91 Å². The van der Waals surface area contributed by atoms with Crippen LogP contribution in [0.4, 0.5) is 5.13 Å². The maximum atomic E-state index is 13.9. The number of carbonyl (C=O) groups excluding carboxylic acids is 1. The first-order valence-corrected chi connectivity index (χ1v) is 13.2. The zero-order valence-electron chi connectivity index (χ0n) is 20.8. The van der Waals surface area contributed by atoms with Crippen LogP contribution in [0.3, 0.4) is 0 Å². The van der Waals surface area contributed by atoms with Crippen LogP contribution >= 0.6 is 11.3 Å². The number of anilines is 1. The van der Waals surface area contributed by atoms with Crippen molar-refractivity contribution in [1.82, 2.24) is 9.88 Å². The molecule has 1 aromatic heterocycles. The number of rotatable bonds is 8. The highest BCUT2D eigenvalue weighted by atomic mass is 32.1. The second-order valence-corrected chi connectivity index (χ2v) is 10.1. The number of thiazole rings is 1. The first kappa shape index (κ1) is 24.4. The Balaban J connectivity index is 1.41. The van der Waals surface area contributed by atoms with Crippen LogP contribution < -0.4 is 9.64 Å². The van der Waals surface area contributed by atoms with Crippen LogP contribution in [0.25, 0.3) is 10.2 Å². The number of hydrogen-bond donors (Lipinski definition) is 0. The van der Waals surface area contributed by atoms with E-state index in [1.165, 1.54) is 5.56 Å². The van der Waals surface area contributed by atoms with Crippen molar-refractivity contribution in [3.05, 3.63) is 83.4 Å². The van der Waals surface area contributed by atoms with Crippen molar-refractivity contribution in [1.29, 1.82) is 0 Å². The summed E-state index contributed by atoms with van der Waals surface area (Å²) in [4.78, 5) is 23.0. The molecule has 186 valence electrons. The van der Waals surface area contributed by atoms with E-state index in [0.717, 1.165) is 65.9 Å². The Morgan fingerprint density at radius 2 is 1.81 bits per heavy atom. The van der Waals surface area contributed by atoms with Gasteiger partial charge in [-0.25, -0.2) is 4.98 Å². The van der Waals surface area contributed by atoms with Crippen molar-refractivity contribution in [2.45, 2.75) is 20.3 Å².